The lowest BCUT2D eigenvalue weighted by Crippen LogP contribution is -2.12. The Kier molecular flexibility index (Phi) is 4.35. The van der Waals surface area contributed by atoms with Gasteiger partial charge in [-0.2, -0.15) is 0 Å². The molecule has 0 radical (unpaired) electrons. The summed E-state index contributed by atoms with van der Waals surface area (Å²) in [7, 11) is 0. The van der Waals surface area contributed by atoms with Crippen molar-refractivity contribution >= 4 is 39.5 Å². The Bertz CT molecular complexity index is 605. The number of hydrogen-bond acceptors (Lipinski definition) is 7. The van der Waals surface area contributed by atoms with Gasteiger partial charge in [0, 0.05) is 18.7 Å². The van der Waals surface area contributed by atoms with Crippen LogP contribution in [0, 0.1) is 0 Å². The maximum absolute atomic E-state index is 11.9. The zero-order chi connectivity index (χ0) is 13.8. The number of aromatic nitrogens is 2. The van der Waals surface area contributed by atoms with E-state index in [2.05, 4.69) is 15.3 Å². The van der Waals surface area contributed by atoms with Gasteiger partial charge in [0.2, 0.25) is 0 Å². The number of nitrogens with one attached hydrogen (secondary N) is 1. The minimum Gasteiger partial charge on any atom is -0.330 e. The Morgan fingerprint density at radius 1 is 1.47 bits per heavy atom. The van der Waals surface area contributed by atoms with Gasteiger partial charge < -0.3 is 5.73 Å². The molecule has 8 heteroatoms. The number of carbonyl (C=O) groups excluding carboxylic acids is 2. The number of nitrogens with two attached hydrogens (primary N) is 1. The van der Waals surface area contributed by atoms with Gasteiger partial charge >= 0.3 is 0 Å². The van der Waals surface area contributed by atoms with Crippen molar-refractivity contribution in [1.82, 2.24) is 9.97 Å². The number of nitrogens with zero attached hydrogens (tertiary/aromatic N) is 2. The van der Waals surface area contributed by atoms with Crippen molar-refractivity contribution in [3.05, 3.63) is 27.2 Å². The highest BCUT2D eigenvalue weighted by Crippen LogP contribution is 2.19. The van der Waals surface area contributed by atoms with Gasteiger partial charge in [-0.3, -0.25) is 14.9 Å². The third-order valence-electron chi connectivity index (χ3n) is 2.22. The monoisotopic (exact) mass is 296 g/mol. The van der Waals surface area contributed by atoms with Crippen LogP contribution in [0.5, 0.6) is 0 Å². The van der Waals surface area contributed by atoms with Crippen molar-refractivity contribution in [1.29, 1.82) is 0 Å². The Morgan fingerprint density at radius 3 is 2.89 bits per heavy atom. The topological polar surface area (TPSA) is 98.0 Å². The van der Waals surface area contributed by atoms with Crippen LogP contribution in [0.25, 0.3) is 0 Å². The lowest BCUT2D eigenvalue weighted by molar-refractivity contribution is 0.101. The first-order chi connectivity index (χ1) is 9.10. The van der Waals surface area contributed by atoms with Crippen molar-refractivity contribution in [3.8, 4) is 0 Å². The maximum Gasteiger partial charge on any atom is 0.276 e. The van der Waals surface area contributed by atoms with Crippen LogP contribution in [0.4, 0.5) is 5.13 Å². The zero-order valence-corrected chi connectivity index (χ0v) is 11.8. The number of rotatable bonds is 5. The van der Waals surface area contributed by atoms with Crippen molar-refractivity contribution in [3.63, 3.8) is 0 Å². The van der Waals surface area contributed by atoms with Gasteiger partial charge in [0.15, 0.2) is 10.9 Å². The summed E-state index contributed by atoms with van der Waals surface area (Å²) >= 11 is 2.54. The van der Waals surface area contributed by atoms with Crippen molar-refractivity contribution < 1.29 is 9.59 Å². The number of anilines is 1. The Morgan fingerprint density at radius 2 is 2.26 bits per heavy atom. The Hall–Kier alpha value is -1.64. The molecule has 6 nitrogen and oxygen atoms in total. The molecular formula is C11H12N4O2S2. The molecular weight excluding hydrogens is 284 g/mol. The number of amides is 1. The van der Waals surface area contributed by atoms with Crippen LogP contribution in [0.3, 0.4) is 0 Å². The highest BCUT2D eigenvalue weighted by Gasteiger charge is 2.13. The molecule has 2 rings (SSSR count). The molecule has 100 valence electrons. The average Bonchev–Trinajstić information content (AvgIpc) is 2.98. The fourth-order valence-electron chi connectivity index (χ4n) is 1.31. The van der Waals surface area contributed by atoms with Crippen LogP contribution >= 0.6 is 22.7 Å². The van der Waals surface area contributed by atoms with E-state index in [1.165, 1.54) is 24.5 Å². The van der Waals surface area contributed by atoms with Gasteiger partial charge in [0.1, 0.15) is 5.69 Å². The minimum absolute atomic E-state index is 0.0723. The molecule has 0 aliphatic heterocycles. The van der Waals surface area contributed by atoms with E-state index < -0.39 is 0 Å². The molecule has 2 aromatic heterocycles. The van der Waals surface area contributed by atoms with E-state index >= 15 is 0 Å². The molecule has 0 aliphatic carbocycles. The van der Waals surface area contributed by atoms with Crippen LogP contribution in [0.15, 0.2) is 11.6 Å². The van der Waals surface area contributed by atoms with Crippen molar-refractivity contribution in [2.45, 2.75) is 13.3 Å². The molecule has 0 atom stereocenters. The number of Topliss-reactive ketones (excluding diaryl/α,β-unsaturated/α-hetero) is 1. The van der Waals surface area contributed by atoms with Crippen LogP contribution in [-0.2, 0) is 6.42 Å². The van der Waals surface area contributed by atoms with E-state index in [4.69, 9.17) is 5.73 Å². The first-order valence-corrected chi connectivity index (χ1v) is 7.22. The molecule has 0 unspecified atom stereocenters. The van der Waals surface area contributed by atoms with E-state index in [1.54, 1.807) is 5.38 Å². The summed E-state index contributed by atoms with van der Waals surface area (Å²) in [6, 6.07) is 0. The summed E-state index contributed by atoms with van der Waals surface area (Å²) in [6.45, 7) is 1.96. The third kappa shape index (κ3) is 3.43. The van der Waals surface area contributed by atoms with Crippen molar-refractivity contribution in [2.75, 3.05) is 11.9 Å². The zero-order valence-electron chi connectivity index (χ0n) is 10.2. The molecule has 19 heavy (non-hydrogen) atoms. The summed E-state index contributed by atoms with van der Waals surface area (Å²) in [4.78, 5) is 31.7. The normalized spacial score (nSPS) is 10.4. The van der Waals surface area contributed by atoms with E-state index in [9.17, 15) is 9.59 Å². The fourth-order valence-corrected chi connectivity index (χ4v) is 2.81. The van der Waals surface area contributed by atoms with Crippen LogP contribution in [0.1, 0.15) is 32.1 Å². The molecule has 2 heterocycles. The smallest absolute Gasteiger partial charge is 0.276 e. The molecule has 3 N–H and O–H groups in total. The largest absolute Gasteiger partial charge is 0.330 e. The van der Waals surface area contributed by atoms with E-state index in [0.717, 1.165) is 16.3 Å². The molecule has 0 saturated heterocycles. The SMILES string of the molecule is CC(=O)c1cnc(NC(=O)c2csc(CCN)n2)s1. The summed E-state index contributed by atoms with van der Waals surface area (Å²) in [6.07, 6.45) is 2.10. The summed E-state index contributed by atoms with van der Waals surface area (Å²) < 4.78 is 0. The van der Waals surface area contributed by atoms with Crippen LogP contribution in [-0.4, -0.2) is 28.2 Å². The highest BCUT2D eigenvalue weighted by atomic mass is 32.1. The summed E-state index contributed by atoms with van der Waals surface area (Å²) in [5.74, 6) is -0.402. The first-order valence-electron chi connectivity index (χ1n) is 5.52. The van der Waals surface area contributed by atoms with Gasteiger partial charge in [-0.05, 0) is 6.54 Å². The molecule has 0 aromatic carbocycles. The lowest BCUT2D eigenvalue weighted by Gasteiger charge is -1.97. The third-order valence-corrected chi connectivity index (χ3v) is 4.14. The lowest BCUT2D eigenvalue weighted by atomic mass is 10.4. The van der Waals surface area contributed by atoms with E-state index in [-0.39, 0.29) is 11.7 Å². The molecule has 2 aromatic rings. The maximum atomic E-state index is 11.9. The second kappa shape index (κ2) is 6.00. The molecule has 0 aliphatic rings. The Labute approximate surface area is 117 Å². The van der Waals surface area contributed by atoms with E-state index in [1.807, 2.05) is 0 Å². The second-order valence-electron chi connectivity index (χ2n) is 3.71. The number of hydrogen-bond donors (Lipinski definition) is 2. The van der Waals surface area contributed by atoms with Crippen LogP contribution < -0.4 is 11.1 Å². The Balaban J connectivity index is 2.04. The van der Waals surface area contributed by atoms with Crippen molar-refractivity contribution in [2.24, 2.45) is 5.73 Å². The fraction of sp³-hybridized carbons (Fsp3) is 0.273. The number of thiazole rings is 2. The summed E-state index contributed by atoms with van der Waals surface area (Å²) in [5.41, 5.74) is 5.77. The quantitative estimate of drug-likeness (QED) is 0.816. The molecule has 0 bridgehead atoms. The van der Waals surface area contributed by atoms with Gasteiger partial charge in [-0.25, -0.2) is 9.97 Å². The standard InChI is InChI=1S/C11H12N4O2S2/c1-6(16)8-4-13-11(19-8)15-10(17)7-5-18-9(14-7)2-3-12/h4-5H,2-3,12H2,1H3,(H,13,15,17). The average molecular weight is 296 g/mol. The summed E-state index contributed by atoms with van der Waals surface area (Å²) in [5, 5.41) is 5.52. The highest BCUT2D eigenvalue weighted by molar-refractivity contribution is 7.17. The van der Waals surface area contributed by atoms with Gasteiger partial charge in [-0.15, -0.1) is 11.3 Å². The molecule has 0 spiro atoms. The number of ketones is 1. The van der Waals surface area contributed by atoms with E-state index in [0.29, 0.717) is 28.7 Å². The predicted octanol–water partition coefficient (Wildman–Crippen LogP) is 1.56. The first kappa shape index (κ1) is 13.8. The van der Waals surface area contributed by atoms with Gasteiger partial charge in [0.05, 0.1) is 16.1 Å². The van der Waals surface area contributed by atoms with Crippen LogP contribution in [0.2, 0.25) is 0 Å². The predicted molar refractivity (Wildman–Crippen MR) is 74.9 cm³/mol. The molecule has 0 fully saturated rings. The minimum atomic E-state index is -0.330. The molecule has 0 saturated carbocycles. The van der Waals surface area contributed by atoms with Gasteiger partial charge in [-0.1, -0.05) is 11.3 Å². The molecule has 1 amide bonds. The second-order valence-corrected chi connectivity index (χ2v) is 5.68. The van der Waals surface area contributed by atoms with Gasteiger partial charge in [0.25, 0.3) is 5.91 Å². The number of carbonyl (C=O) groups is 2.